The van der Waals surface area contributed by atoms with Crippen LogP contribution in [0.1, 0.15) is 24.8 Å². The second-order valence-corrected chi connectivity index (χ2v) is 4.27. The van der Waals surface area contributed by atoms with E-state index < -0.39 is 18.4 Å². The Balaban J connectivity index is 2.54. The van der Waals surface area contributed by atoms with E-state index in [9.17, 15) is 18.4 Å². The topological polar surface area (TPSA) is 78.4 Å². The smallest absolute Gasteiger partial charge is 0.319 e. The van der Waals surface area contributed by atoms with Crippen LogP contribution in [-0.2, 0) is 4.79 Å². The van der Waals surface area contributed by atoms with Crippen molar-refractivity contribution in [3.05, 3.63) is 28.8 Å². The van der Waals surface area contributed by atoms with Crippen LogP contribution in [0.15, 0.2) is 18.2 Å². The number of urea groups is 1. The van der Waals surface area contributed by atoms with E-state index in [0.717, 1.165) is 0 Å². The summed E-state index contributed by atoms with van der Waals surface area (Å²) in [5.41, 5.74) is -0.296. The van der Waals surface area contributed by atoms with Crippen molar-refractivity contribution in [3.63, 3.8) is 0 Å². The maximum atomic E-state index is 12.6. The first kappa shape index (κ1) is 16.2. The van der Waals surface area contributed by atoms with E-state index in [4.69, 9.17) is 16.7 Å². The van der Waals surface area contributed by atoms with Crippen LogP contribution < -0.4 is 10.6 Å². The van der Waals surface area contributed by atoms with Gasteiger partial charge in [0.2, 0.25) is 0 Å². The number of carboxylic acid groups (broad SMARTS) is 1. The molecular weight excluding hydrogens is 294 g/mol. The fourth-order valence-corrected chi connectivity index (χ4v) is 1.68. The molecule has 1 aromatic rings. The van der Waals surface area contributed by atoms with Gasteiger partial charge in [0.1, 0.15) is 0 Å². The highest BCUT2D eigenvalue weighted by atomic mass is 35.5. The monoisotopic (exact) mass is 306 g/mol. The largest absolute Gasteiger partial charge is 0.481 e. The Morgan fingerprint density at radius 3 is 2.65 bits per heavy atom. The minimum Gasteiger partial charge on any atom is -0.481 e. The Hall–Kier alpha value is -1.89. The molecule has 2 amide bonds. The number of carbonyl (C=O) groups excluding carboxylic acids is 1. The molecule has 0 radical (unpaired) electrons. The molecule has 0 aliphatic carbocycles. The van der Waals surface area contributed by atoms with E-state index in [1.165, 1.54) is 18.2 Å². The minimum absolute atomic E-state index is 0.0676. The number of rotatable bonds is 6. The lowest BCUT2D eigenvalue weighted by Gasteiger charge is -2.11. The maximum Gasteiger partial charge on any atom is 0.319 e. The highest BCUT2D eigenvalue weighted by molar-refractivity contribution is 6.34. The number of hydrogen-bond donors (Lipinski definition) is 3. The fourth-order valence-electron chi connectivity index (χ4n) is 1.42. The van der Waals surface area contributed by atoms with Gasteiger partial charge in [0.15, 0.2) is 0 Å². The maximum absolute atomic E-state index is 12.6. The Morgan fingerprint density at radius 1 is 1.35 bits per heavy atom. The molecule has 20 heavy (non-hydrogen) atoms. The van der Waals surface area contributed by atoms with Crippen molar-refractivity contribution in [3.8, 4) is 0 Å². The van der Waals surface area contributed by atoms with Gasteiger partial charge in [0, 0.05) is 18.5 Å². The molecule has 5 nitrogen and oxygen atoms in total. The van der Waals surface area contributed by atoms with Crippen LogP contribution in [0.2, 0.25) is 5.02 Å². The lowest BCUT2D eigenvalue weighted by atomic mass is 10.2. The van der Waals surface area contributed by atoms with Crippen molar-refractivity contribution >= 4 is 29.3 Å². The van der Waals surface area contributed by atoms with Crippen molar-refractivity contribution in [2.45, 2.75) is 19.3 Å². The van der Waals surface area contributed by atoms with E-state index >= 15 is 0 Å². The molecule has 0 saturated carbocycles. The van der Waals surface area contributed by atoms with E-state index in [0.29, 0.717) is 0 Å². The molecule has 0 aliphatic rings. The summed E-state index contributed by atoms with van der Waals surface area (Å²) in [6.45, 7) is 0.157. The van der Waals surface area contributed by atoms with E-state index in [1.807, 2.05) is 0 Å². The van der Waals surface area contributed by atoms with Crippen molar-refractivity contribution in [1.82, 2.24) is 5.32 Å². The van der Waals surface area contributed by atoms with Gasteiger partial charge in [-0.2, -0.15) is 0 Å². The van der Waals surface area contributed by atoms with Crippen molar-refractivity contribution in [1.29, 1.82) is 0 Å². The van der Waals surface area contributed by atoms with Crippen molar-refractivity contribution in [2.24, 2.45) is 0 Å². The first-order valence-electron chi connectivity index (χ1n) is 5.75. The first-order valence-corrected chi connectivity index (χ1v) is 6.13. The average molecular weight is 307 g/mol. The summed E-state index contributed by atoms with van der Waals surface area (Å²) in [6.07, 6.45) is -2.53. The van der Waals surface area contributed by atoms with Gasteiger partial charge in [-0.25, -0.2) is 13.6 Å². The van der Waals surface area contributed by atoms with Gasteiger partial charge in [-0.05, 0) is 12.5 Å². The number of alkyl halides is 2. The molecule has 1 rings (SSSR count). The van der Waals surface area contributed by atoms with Gasteiger partial charge in [-0.15, -0.1) is 0 Å². The summed E-state index contributed by atoms with van der Waals surface area (Å²) >= 11 is 5.75. The summed E-state index contributed by atoms with van der Waals surface area (Å²) < 4.78 is 25.2. The second kappa shape index (κ2) is 7.64. The fraction of sp³-hybridized carbons (Fsp3) is 0.333. The summed E-state index contributed by atoms with van der Waals surface area (Å²) in [4.78, 5) is 21.7. The van der Waals surface area contributed by atoms with Crippen LogP contribution in [0.4, 0.5) is 19.3 Å². The van der Waals surface area contributed by atoms with Gasteiger partial charge >= 0.3 is 12.0 Å². The number of halogens is 3. The predicted molar refractivity (Wildman–Crippen MR) is 70.3 cm³/mol. The van der Waals surface area contributed by atoms with Gasteiger partial charge in [-0.3, -0.25) is 4.79 Å². The van der Waals surface area contributed by atoms with Crippen LogP contribution in [0, 0.1) is 0 Å². The molecule has 1 aromatic carbocycles. The zero-order chi connectivity index (χ0) is 15.1. The van der Waals surface area contributed by atoms with Gasteiger partial charge < -0.3 is 15.7 Å². The molecule has 8 heteroatoms. The lowest BCUT2D eigenvalue weighted by molar-refractivity contribution is -0.137. The molecule has 0 bridgehead atoms. The van der Waals surface area contributed by atoms with Crippen LogP contribution in [-0.4, -0.2) is 23.7 Å². The van der Waals surface area contributed by atoms with Crippen molar-refractivity contribution in [2.75, 3.05) is 11.9 Å². The Kier molecular flexibility index (Phi) is 6.17. The normalized spacial score (nSPS) is 10.4. The molecule has 0 heterocycles. The molecule has 110 valence electrons. The zero-order valence-electron chi connectivity index (χ0n) is 10.3. The summed E-state index contributed by atoms with van der Waals surface area (Å²) in [5, 5.41) is 12.9. The van der Waals surface area contributed by atoms with E-state index in [1.54, 1.807) is 0 Å². The average Bonchev–Trinajstić information content (AvgIpc) is 2.36. The summed E-state index contributed by atoms with van der Waals surface area (Å²) in [7, 11) is 0. The number of hydrogen-bond acceptors (Lipinski definition) is 2. The number of carbonyl (C=O) groups is 2. The summed E-state index contributed by atoms with van der Waals surface area (Å²) in [6, 6.07) is 3.28. The second-order valence-electron chi connectivity index (χ2n) is 3.89. The standard InChI is InChI=1S/C12H13ClF2N2O3/c13-10-7(11(14)15)3-1-4-8(10)17-12(20)16-6-2-5-9(18)19/h1,3-4,11H,2,5-6H2,(H,18,19)(H2,16,17,20). The third-order valence-corrected chi connectivity index (χ3v) is 2.79. The number of anilines is 1. The van der Waals surface area contributed by atoms with Gasteiger partial charge in [-0.1, -0.05) is 23.7 Å². The number of nitrogens with one attached hydrogen (secondary N) is 2. The highest BCUT2D eigenvalue weighted by Crippen LogP contribution is 2.32. The lowest BCUT2D eigenvalue weighted by Crippen LogP contribution is -2.30. The molecule has 0 fully saturated rings. The minimum atomic E-state index is -2.73. The Labute approximate surface area is 118 Å². The SMILES string of the molecule is O=C(O)CCCNC(=O)Nc1cccc(C(F)F)c1Cl. The molecule has 0 atom stereocenters. The Bertz CT molecular complexity index is 498. The van der Waals surface area contributed by atoms with Gasteiger partial charge in [0.05, 0.1) is 10.7 Å². The molecule has 0 aliphatic heterocycles. The zero-order valence-corrected chi connectivity index (χ0v) is 11.1. The van der Waals surface area contributed by atoms with Crippen LogP contribution in [0.25, 0.3) is 0 Å². The molecule has 3 N–H and O–H groups in total. The first-order chi connectivity index (χ1) is 9.41. The van der Waals surface area contributed by atoms with Crippen LogP contribution in [0.3, 0.4) is 0 Å². The molecule has 0 aromatic heterocycles. The molecule has 0 spiro atoms. The third-order valence-electron chi connectivity index (χ3n) is 2.36. The number of aliphatic carboxylic acids is 1. The van der Waals surface area contributed by atoms with E-state index in [2.05, 4.69) is 10.6 Å². The van der Waals surface area contributed by atoms with Crippen LogP contribution in [0.5, 0.6) is 0 Å². The highest BCUT2D eigenvalue weighted by Gasteiger charge is 2.15. The number of benzene rings is 1. The third kappa shape index (κ3) is 5.00. The van der Waals surface area contributed by atoms with Crippen LogP contribution >= 0.6 is 11.6 Å². The van der Waals surface area contributed by atoms with E-state index in [-0.39, 0.29) is 35.7 Å². The predicted octanol–water partition coefficient (Wildman–Crippen LogP) is 3.26. The number of carboxylic acids is 1. The quantitative estimate of drug-likeness (QED) is 0.706. The summed E-state index contributed by atoms with van der Waals surface area (Å²) in [5.74, 6) is -0.958. The van der Waals surface area contributed by atoms with Crippen molar-refractivity contribution < 1.29 is 23.5 Å². The Morgan fingerprint density at radius 2 is 2.05 bits per heavy atom. The van der Waals surface area contributed by atoms with Gasteiger partial charge in [0.25, 0.3) is 6.43 Å². The molecular formula is C12H13ClF2N2O3. The number of amides is 2. The molecule has 0 unspecified atom stereocenters. The molecule has 0 saturated heterocycles.